The largest absolute Gasteiger partial charge is 0.453 e. The Morgan fingerprint density at radius 1 is 1.04 bits per heavy atom. The lowest BCUT2D eigenvalue weighted by Crippen LogP contribution is -2.25. The Bertz CT molecular complexity index is 747. The van der Waals surface area contributed by atoms with E-state index in [1.54, 1.807) is 18.2 Å². The number of hydrogen-bond acceptors (Lipinski definition) is 4. The van der Waals surface area contributed by atoms with Crippen LogP contribution in [0.3, 0.4) is 0 Å². The number of carbonyl (C=O) groups is 2. The van der Waals surface area contributed by atoms with Crippen molar-refractivity contribution in [2.75, 3.05) is 11.9 Å². The minimum absolute atomic E-state index is 0.273. The predicted molar refractivity (Wildman–Crippen MR) is 82.4 cm³/mol. The monoisotopic (exact) mass is 353 g/mol. The van der Waals surface area contributed by atoms with Crippen molar-refractivity contribution in [1.82, 2.24) is 0 Å². The van der Waals surface area contributed by atoms with Gasteiger partial charge in [0, 0.05) is 0 Å². The van der Waals surface area contributed by atoms with E-state index in [1.165, 1.54) is 24.3 Å². The summed E-state index contributed by atoms with van der Waals surface area (Å²) in [5.74, 6) is -2.03. The molecule has 0 heterocycles. The number of anilines is 1. The summed E-state index contributed by atoms with van der Waals surface area (Å²) in [4.78, 5) is 23.4. The number of aliphatic hydroxyl groups excluding tert-OH is 1. The molecule has 1 atom stereocenters. The summed E-state index contributed by atoms with van der Waals surface area (Å²) >= 11 is 0. The van der Waals surface area contributed by atoms with E-state index in [-0.39, 0.29) is 5.56 Å². The molecule has 5 nitrogen and oxygen atoms in total. The Morgan fingerprint density at radius 2 is 1.64 bits per heavy atom. The quantitative estimate of drug-likeness (QED) is 0.811. The molecule has 0 bridgehead atoms. The lowest BCUT2D eigenvalue weighted by atomic mass is 10.1. The molecule has 0 aliphatic rings. The van der Waals surface area contributed by atoms with Crippen molar-refractivity contribution in [2.24, 2.45) is 0 Å². The van der Waals surface area contributed by atoms with Gasteiger partial charge in [-0.05, 0) is 17.7 Å². The van der Waals surface area contributed by atoms with Gasteiger partial charge in [0.25, 0.3) is 5.91 Å². The maximum atomic E-state index is 12.8. The standard InChI is InChI=1S/C17H14F3NO4/c18-17(19,20)12-8-4-5-9-13(12)21-14(22)10-25-16(24)15(23)11-6-2-1-3-7-11/h1-9,15,23H,10H2,(H,21,22)/t15-/m1/s1. The highest BCUT2D eigenvalue weighted by Gasteiger charge is 2.33. The van der Waals surface area contributed by atoms with Crippen LogP contribution in [0.25, 0.3) is 0 Å². The maximum Gasteiger partial charge on any atom is 0.418 e. The van der Waals surface area contributed by atoms with E-state index in [0.717, 1.165) is 12.1 Å². The topological polar surface area (TPSA) is 75.6 Å². The first-order valence-corrected chi connectivity index (χ1v) is 7.15. The number of aliphatic hydroxyl groups is 1. The summed E-state index contributed by atoms with van der Waals surface area (Å²) in [7, 11) is 0. The van der Waals surface area contributed by atoms with Gasteiger partial charge in [-0.3, -0.25) is 4.79 Å². The van der Waals surface area contributed by atoms with Crippen molar-refractivity contribution in [3.8, 4) is 0 Å². The molecule has 0 saturated heterocycles. The van der Waals surface area contributed by atoms with E-state index in [2.05, 4.69) is 4.74 Å². The smallest absolute Gasteiger partial charge is 0.418 e. The van der Waals surface area contributed by atoms with E-state index >= 15 is 0 Å². The van der Waals surface area contributed by atoms with Crippen LogP contribution in [0.1, 0.15) is 17.2 Å². The molecule has 2 aromatic rings. The van der Waals surface area contributed by atoms with Crippen LogP contribution in [0.5, 0.6) is 0 Å². The van der Waals surface area contributed by atoms with Crippen LogP contribution >= 0.6 is 0 Å². The van der Waals surface area contributed by atoms with Gasteiger partial charge >= 0.3 is 12.1 Å². The van der Waals surface area contributed by atoms with E-state index in [0.29, 0.717) is 0 Å². The maximum absolute atomic E-state index is 12.8. The van der Waals surface area contributed by atoms with Gasteiger partial charge in [0.2, 0.25) is 0 Å². The van der Waals surface area contributed by atoms with Crippen molar-refractivity contribution in [1.29, 1.82) is 0 Å². The second-order valence-electron chi connectivity index (χ2n) is 5.01. The molecule has 2 N–H and O–H groups in total. The molecule has 8 heteroatoms. The fraction of sp³-hybridized carbons (Fsp3) is 0.176. The highest BCUT2D eigenvalue weighted by molar-refractivity contribution is 5.93. The number of nitrogens with one attached hydrogen (secondary N) is 1. The lowest BCUT2D eigenvalue weighted by Gasteiger charge is -2.14. The van der Waals surface area contributed by atoms with Crippen LogP contribution < -0.4 is 5.32 Å². The van der Waals surface area contributed by atoms with Crippen LogP contribution in [0.15, 0.2) is 54.6 Å². The molecule has 0 spiro atoms. The molecule has 25 heavy (non-hydrogen) atoms. The number of benzene rings is 2. The highest BCUT2D eigenvalue weighted by Crippen LogP contribution is 2.34. The van der Waals surface area contributed by atoms with Crippen molar-refractivity contribution in [3.63, 3.8) is 0 Å². The molecular formula is C17H14F3NO4. The second-order valence-corrected chi connectivity index (χ2v) is 5.01. The van der Waals surface area contributed by atoms with Crippen molar-refractivity contribution in [3.05, 3.63) is 65.7 Å². The molecule has 0 radical (unpaired) electrons. The van der Waals surface area contributed by atoms with Crippen molar-refractivity contribution < 1.29 is 32.6 Å². The van der Waals surface area contributed by atoms with Crippen molar-refractivity contribution in [2.45, 2.75) is 12.3 Å². The number of esters is 1. The zero-order valence-corrected chi connectivity index (χ0v) is 12.8. The van der Waals surface area contributed by atoms with E-state index in [9.17, 15) is 27.9 Å². The van der Waals surface area contributed by atoms with Gasteiger partial charge in [0.05, 0.1) is 11.3 Å². The van der Waals surface area contributed by atoms with E-state index in [1.807, 2.05) is 5.32 Å². The Hall–Kier alpha value is -2.87. The van der Waals surface area contributed by atoms with Gasteiger partial charge < -0.3 is 15.2 Å². The average Bonchev–Trinajstić information content (AvgIpc) is 2.59. The summed E-state index contributed by atoms with van der Waals surface area (Å²) in [5.41, 5.74) is -1.19. The molecule has 132 valence electrons. The zero-order chi connectivity index (χ0) is 18.4. The third kappa shape index (κ3) is 5.05. The first-order chi connectivity index (χ1) is 11.8. The van der Waals surface area contributed by atoms with Gasteiger partial charge in [0.1, 0.15) is 0 Å². The highest BCUT2D eigenvalue weighted by atomic mass is 19.4. The number of halogens is 3. The zero-order valence-electron chi connectivity index (χ0n) is 12.8. The third-order valence-corrected chi connectivity index (χ3v) is 3.19. The summed E-state index contributed by atoms with van der Waals surface area (Å²) in [6, 6.07) is 12.3. The van der Waals surface area contributed by atoms with Gasteiger partial charge in [-0.2, -0.15) is 13.2 Å². The third-order valence-electron chi connectivity index (χ3n) is 3.19. The Kier molecular flexibility index (Phi) is 5.76. The molecule has 2 rings (SSSR count). The molecule has 0 fully saturated rings. The number of carbonyl (C=O) groups excluding carboxylic acids is 2. The fourth-order valence-electron chi connectivity index (χ4n) is 2.01. The van der Waals surface area contributed by atoms with E-state index in [4.69, 9.17) is 0 Å². The van der Waals surface area contributed by atoms with Gasteiger partial charge in [-0.25, -0.2) is 4.79 Å². The molecular weight excluding hydrogens is 339 g/mol. The Morgan fingerprint density at radius 3 is 2.28 bits per heavy atom. The summed E-state index contributed by atoms with van der Waals surface area (Å²) < 4.78 is 43.1. The molecule has 2 aromatic carbocycles. The first-order valence-electron chi connectivity index (χ1n) is 7.15. The Labute approximate surface area is 141 Å². The average molecular weight is 353 g/mol. The van der Waals surface area contributed by atoms with E-state index < -0.39 is 42.0 Å². The summed E-state index contributed by atoms with van der Waals surface area (Å²) in [6.07, 6.45) is -6.22. The van der Waals surface area contributed by atoms with Gasteiger partial charge in [-0.15, -0.1) is 0 Å². The Balaban J connectivity index is 1.95. The van der Waals surface area contributed by atoms with Crippen LogP contribution in [0.2, 0.25) is 0 Å². The molecule has 0 unspecified atom stereocenters. The minimum Gasteiger partial charge on any atom is -0.453 e. The van der Waals surface area contributed by atoms with Crippen LogP contribution in [0, 0.1) is 0 Å². The minimum atomic E-state index is -4.63. The van der Waals surface area contributed by atoms with Crippen LogP contribution in [-0.4, -0.2) is 23.6 Å². The van der Waals surface area contributed by atoms with Crippen LogP contribution in [-0.2, 0) is 20.5 Å². The number of ether oxygens (including phenoxy) is 1. The number of rotatable bonds is 5. The van der Waals surface area contributed by atoms with Gasteiger partial charge in [0.15, 0.2) is 12.7 Å². The number of alkyl halides is 3. The molecule has 0 aliphatic heterocycles. The first kappa shape index (κ1) is 18.5. The molecule has 0 aliphatic carbocycles. The lowest BCUT2D eigenvalue weighted by molar-refractivity contribution is -0.156. The fourth-order valence-corrected chi connectivity index (χ4v) is 2.01. The van der Waals surface area contributed by atoms with Gasteiger partial charge in [-0.1, -0.05) is 42.5 Å². The predicted octanol–water partition coefficient (Wildman–Crippen LogP) is 2.92. The van der Waals surface area contributed by atoms with Crippen LogP contribution in [0.4, 0.5) is 18.9 Å². The molecule has 0 saturated carbocycles. The SMILES string of the molecule is O=C(COC(=O)[C@H](O)c1ccccc1)Nc1ccccc1C(F)(F)F. The number of amides is 1. The second kappa shape index (κ2) is 7.80. The number of hydrogen-bond donors (Lipinski definition) is 2. The summed E-state index contributed by atoms with van der Waals surface area (Å²) in [5, 5.41) is 11.8. The normalized spacial score (nSPS) is 12.3. The molecule has 0 aromatic heterocycles. The number of para-hydroxylation sites is 1. The van der Waals surface area contributed by atoms with Crippen molar-refractivity contribution >= 4 is 17.6 Å². The molecule has 1 amide bonds. The summed E-state index contributed by atoms with van der Waals surface area (Å²) in [6.45, 7) is -0.824.